The van der Waals surface area contributed by atoms with Crippen molar-refractivity contribution in [2.24, 2.45) is 5.92 Å². The molecule has 2 aliphatic rings. The van der Waals surface area contributed by atoms with E-state index in [1.54, 1.807) is 30.3 Å². The van der Waals surface area contributed by atoms with E-state index in [2.05, 4.69) is 5.32 Å². The van der Waals surface area contributed by atoms with Gasteiger partial charge in [-0.1, -0.05) is 43.9 Å². The second-order valence-electron chi connectivity index (χ2n) is 7.87. The maximum absolute atomic E-state index is 12.8. The van der Waals surface area contributed by atoms with Crippen molar-refractivity contribution in [3.63, 3.8) is 0 Å². The van der Waals surface area contributed by atoms with Gasteiger partial charge in [0.25, 0.3) is 0 Å². The lowest BCUT2D eigenvalue weighted by Gasteiger charge is -2.32. The topological polar surface area (TPSA) is 86.7 Å². The minimum atomic E-state index is -3.58. The molecule has 2 fully saturated rings. The SMILES string of the molecule is O=C(NCC1(O)CCCCCC1)C1CCCN(S(=O)(=O)c2ccccc2)C1. The molecule has 0 radical (unpaired) electrons. The molecule has 1 aromatic carbocycles. The van der Waals surface area contributed by atoms with Crippen LogP contribution in [0.2, 0.25) is 0 Å². The van der Waals surface area contributed by atoms with Crippen molar-refractivity contribution in [3.05, 3.63) is 30.3 Å². The van der Waals surface area contributed by atoms with Crippen LogP contribution in [-0.4, -0.2) is 49.0 Å². The number of carbonyl (C=O) groups is 1. The van der Waals surface area contributed by atoms with Gasteiger partial charge in [0, 0.05) is 19.6 Å². The minimum absolute atomic E-state index is 0.152. The van der Waals surface area contributed by atoms with Crippen molar-refractivity contribution < 1.29 is 18.3 Å². The second kappa shape index (κ2) is 8.71. The predicted molar refractivity (Wildman–Crippen MR) is 104 cm³/mol. The van der Waals surface area contributed by atoms with Gasteiger partial charge < -0.3 is 10.4 Å². The number of nitrogens with one attached hydrogen (secondary N) is 1. The van der Waals surface area contributed by atoms with E-state index in [9.17, 15) is 18.3 Å². The molecule has 3 rings (SSSR count). The molecule has 1 aliphatic heterocycles. The quantitative estimate of drug-likeness (QED) is 0.750. The van der Waals surface area contributed by atoms with Crippen molar-refractivity contribution in [3.8, 4) is 0 Å². The van der Waals surface area contributed by atoms with Gasteiger partial charge in [0.15, 0.2) is 0 Å². The molecule has 150 valence electrons. The molecule has 0 aromatic heterocycles. The molecule has 0 spiro atoms. The summed E-state index contributed by atoms with van der Waals surface area (Å²) >= 11 is 0. The van der Waals surface area contributed by atoms with E-state index in [-0.39, 0.29) is 29.8 Å². The molecule has 1 aliphatic carbocycles. The molecule has 1 amide bonds. The summed E-state index contributed by atoms with van der Waals surface area (Å²) in [6.45, 7) is 0.889. The van der Waals surface area contributed by atoms with Crippen LogP contribution in [0.1, 0.15) is 51.4 Å². The molecule has 1 heterocycles. The molecule has 1 atom stereocenters. The molecular weight excluding hydrogens is 364 g/mol. The fourth-order valence-corrected chi connectivity index (χ4v) is 5.62. The number of sulfonamides is 1. The summed E-state index contributed by atoms with van der Waals surface area (Å²) in [4.78, 5) is 12.9. The molecule has 1 saturated carbocycles. The Balaban J connectivity index is 1.59. The maximum Gasteiger partial charge on any atom is 0.243 e. The Morgan fingerprint density at radius 2 is 1.78 bits per heavy atom. The number of hydrogen-bond donors (Lipinski definition) is 2. The first-order valence-electron chi connectivity index (χ1n) is 9.96. The Bertz CT molecular complexity index is 728. The molecule has 0 bridgehead atoms. The van der Waals surface area contributed by atoms with Gasteiger partial charge in [0.2, 0.25) is 15.9 Å². The van der Waals surface area contributed by atoms with Crippen molar-refractivity contribution in [2.45, 2.75) is 61.9 Å². The molecule has 1 saturated heterocycles. The van der Waals surface area contributed by atoms with Crippen LogP contribution in [0.4, 0.5) is 0 Å². The lowest BCUT2D eigenvalue weighted by Crippen LogP contribution is -2.49. The Labute approximate surface area is 162 Å². The molecule has 1 unspecified atom stereocenters. The average Bonchev–Trinajstić information content (AvgIpc) is 2.92. The largest absolute Gasteiger partial charge is 0.388 e. The number of piperidine rings is 1. The zero-order valence-electron chi connectivity index (χ0n) is 15.8. The van der Waals surface area contributed by atoms with E-state index in [0.717, 1.165) is 25.7 Å². The van der Waals surface area contributed by atoms with Crippen LogP contribution in [-0.2, 0) is 14.8 Å². The maximum atomic E-state index is 12.8. The van der Waals surface area contributed by atoms with Crippen molar-refractivity contribution >= 4 is 15.9 Å². The number of benzene rings is 1. The Hall–Kier alpha value is -1.44. The van der Waals surface area contributed by atoms with Gasteiger partial charge in [-0.25, -0.2) is 8.42 Å². The molecule has 7 heteroatoms. The van der Waals surface area contributed by atoms with Crippen molar-refractivity contribution in [2.75, 3.05) is 19.6 Å². The van der Waals surface area contributed by atoms with E-state index in [0.29, 0.717) is 32.2 Å². The molecular formula is C20H30N2O4S. The van der Waals surface area contributed by atoms with Crippen LogP contribution in [0, 0.1) is 5.92 Å². The van der Waals surface area contributed by atoms with Gasteiger partial charge >= 0.3 is 0 Å². The van der Waals surface area contributed by atoms with Crippen molar-refractivity contribution in [1.29, 1.82) is 0 Å². The normalized spacial score (nSPS) is 24.1. The Kier molecular flexibility index (Phi) is 6.55. The minimum Gasteiger partial charge on any atom is -0.388 e. The average molecular weight is 395 g/mol. The first kappa shape index (κ1) is 20.3. The van der Waals surface area contributed by atoms with Gasteiger partial charge in [-0.2, -0.15) is 4.31 Å². The van der Waals surface area contributed by atoms with Gasteiger partial charge in [-0.3, -0.25) is 4.79 Å². The lowest BCUT2D eigenvalue weighted by atomic mass is 9.93. The van der Waals surface area contributed by atoms with E-state index in [1.807, 2.05) is 0 Å². The fraction of sp³-hybridized carbons (Fsp3) is 0.650. The summed E-state index contributed by atoms with van der Waals surface area (Å²) < 4.78 is 27.0. The zero-order chi connectivity index (χ0) is 19.3. The first-order chi connectivity index (χ1) is 12.9. The van der Waals surface area contributed by atoms with Gasteiger partial charge in [0.1, 0.15) is 0 Å². The van der Waals surface area contributed by atoms with Crippen LogP contribution in [0.5, 0.6) is 0 Å². The summed E-state index contributed by atoms with van der Waals surface area (Å²) in [6.07, 6.45) is 6.99. The van der Waals surface area contributed by atoms with E-state index in [4.69, 9.17) is 0 Å². The fourth-order valence-electron chi connectivity index (χ4n) is 4.08. The Morgan fingerprint density at radius 1 is 1.11 bits per heavy atom. The standard InChI is InChI=1S/C20H30N2O4S/c23-19(21-16-20(24)12-6-1-2-7-13-20)17-9-8-14-22(15-17)27(25,26)18-10-4-3-5-11-18/h3-5,10-11,17,24H,1-2,6-9,12-16H2,(H,21,23). The van der Waals surface area contributed by atoms with E-state index >= 15 is 0 Å². The highest BCUT2D eigenvalue weighted by Crippen LogP contribution is 2.27. The highest BCUT2D eigenvalue weighted by Gasteiger charge is 2.34. The van der Waals surface area contributed by atoms with Crippen molar-refractivity contribution in [1.82, 2.24) is 9.62 Å². The highest BCUT2D eigenvalue weighted by molar-refractivity contribution is 7.89. The van der Waals surface area contributed by atoms with E-state index < -0.39 is 15.6 Å². The summed E-state index contributed by atoms with van der Waals surface area (Å²) in [5, 5.41) is 13.6. The lowest BCUT2D eigenvalue weighted by molar-refractivity contribution is -0.127. The van der Waals surface area contributed by atoms with E-state index in [1.165, 1.54) is 4.31 Å². The molecule has 27 heavy (non-hydrogen) atoms. The van der Waals surface area contributed by atoms with Gasteiger partial charge in [0.05, 0.1) is 16.4 Å². The summed E-state index contributed by atoms with van der Waals surface area (Å²) in [5.41, 5.74) is -0.823. The van der Waals surface area contributed by atoms with Crippen LogP contribution in [0.15, 0.2) is 35.2 Å². The van der Waals surface area contributed by atoms with Gasteiger partial charge in [-0.15, -0.1) is 0 Å². The second-order valence-corrected chi connectivity index (χ2v) is 9.81. The summed E-state index contributed by atoms with van der Waals surface area (Å²) in [5.74, 6) is -0.521. The number of rotatable bonds is 5. The number of nitrogens with zero attached hydrogens (tertiary/aromatic N) is 1. The highest BCUT2D eigenvalue weighted by atomic mass is 32.2. The molecule has 2 N–H and O–H groups in total. The molecule has 6 nitrogen and oxygen atoms in total. The Morgan fingerprint density at radius 3 is 2.44 bits per heavy atom. The third-order valence-electron chi connectivity index (χ3n) is 5.76. The summed E-state index contributed by atoms with van der Waals surface area (Å²) in [7, 11) is -3.58. The number of carbonyl (C=O) groups excluding carboxylic acids is 1. The molecule has 1 aromatic rings. The number of amides is 1. The van der Waals surface area contributed by atoms with Crippen LogP contribution in [0.3, 0.4) is 0 Å². The van der Waals surface area contributed by atoms with Crippen LogP contribution in [0.25, 0.3) is 0 Å². The third kappa shape index (κ3) is 5.09. The van der Waals surface area contributed by atoms with Crippen LogP contribution < -0.4 is 5.32 Å². The first-order valence-corrected chi connectivity index (χ1v) is 11.4. The number of aliphatic hydroxyl groups is 1. The smallest absolute Gasteiger partial charge is 0.243 e. The third-order valence-corrected chi connectivity index (χ3v) is 7.64. The zero-order valence-corrected chi connectivity index (χ0v) is 16.6. The predicted octanol–water partition coefficient (Wildman–Crippen LogP) is 2.29. The summed E-state index contributed by atoms with van der Waals surface area (Å²) in [6, 6.07) is 8.35. The monoisotopic (exact) mass is 394 g/mol. The van der Waals surface area contributed by atoms with Crippen LogP contribution >= 0.6 is 0 Å². The van der Waals surface area contributed by atoms with Gasteiger partial charge in [-0.05, 0) is 37.8 Å². The number of hydrogen-bond acceptors (Lipinski definition) is 4.